The second kappa shape index (κ2) is 7.91. The quantitative estimate of drug-likeness (QED) is 0.612. The Labute approximate surface area is 175 Å². The number of amides is 5. The van der Waals surface area contributed by atoms with Crippen LogP contribution in [0.25, 0.3) is 0 Å². The van der Waals surface area contributed by atoms with E-state index in [-0.39, 0.29) is 24.5 Å². The van der Waals surface area contributed by atoms with Gasteiger partial charge in [-0.05, 0) is 36.6 Å². The number of rotatable bonds is 3. The fourth-order valence-corrected chi connectivity index (χ4v) is 3.91. The lowest BCUT2D eigenvalue weighted by molar-refractivity contribution is -0.133. The summed E-state index contributed by atoms with van der Waals surface area (Å²) in [5, 5.41) is 5.71. The summed E-state index contributed by atoms with van der Waals surface area (Å²) < 4.78 is 0. The number of hydrogen-bond acceptors (Lipinski definition) is 3. The van der Waals surface area contributed by atoms with Gasteiger partial charge in [0.1, 0.15) is 5.54 Å². The number of nitrogens with one attached hydrogen (secondary N) is 2. The maximum absolute atomic E-state index is 13.0. The lowest BCUT2D eigenvalue weighted by Gasteiger charge is -2.37. The van der Waals surface area contributed by atoms with E-state index in [2.05, 4.69) is 16.6 Å². The molecule has 7 nitrogen and oxygen atoms in total. The Bertz CT molecular complexity index is 1020. The molecule has 2 fully saturated rings. The first-order valence-electron chi connectivity index (χ1n) is 9.81. The third kappa shape index (κ3) is 3.72. The summed E-state index contributed by atoms with van der Waals surface area (Å²) in [5.41, 5.74) is 1.26. The number of hydrogen-bond donors (Lipinski definition) is 2. The number of carbonyl (C=O) groups is 3. The third-order valence-corrected chi connectivity index (χ3v) is 5.61. The molecule has 1 spiro atoms. The number of urea groups is 2. The van der Waals surface area contributed by atoms with Crippen molar-refractivity contribution in [1.29, 1.82) is 0 Å². The van der Waals surface area contributed by atoms with E-state index in [0.29, 0.717) is 37.2 Å². The van der Waals surface area contributed by atoms with Gasteiger partial charge in [-0.15, -0.1) is 6.42 Å². The average Bonchev–Trinajstić information content (AvgIpc) is 2.99. The van der Waals surface area contributed by atoms with Crippen molar-refractivity contribution in [3.05, 3.63) is 65.7 Å². The Kier molecular flexibility index (Phi) is 5.15. The zero-order valence-electron chi connectivity index (χ0n) is 16.4. The fraction of sp³-hybridized carbons (Fsp3) is 0.261. The molecule has 0 saturated carbocycles. The molecule has 2 aromatic carbocycles. The number of anilines is 1. The summed E-state index contributed by atoms with van der Waals surface area (Å²) in [6.07, 6.45) is 6.15. The largest absolute Gasteiger partial charge is 0.325 e. The van der Waals surface area contributed by atoms with Crippen LogP contribution in [0.15, 0.2) is 54.6 Å². The molecule has 30 heavy (non-hydrogen) atoms. The number of nitrogens with zero attached hydrogens (tertiary/aromatic N) is 2. The summed E-state index contributed by atoms with van der Waals surface area (Å²) in [6.45, 7) is 0.973. The van der Waals surface area contributed by atoms with Gasteiger partial charge in [0.05, 0.1) is 6.54 Å². The van der Waals surface area contributed by atoms with Gasteiger partial charge in [-0.25, -0.2) is 9.59 Å². The molecule has 4 rings (SSSR count). The van der Waals surface area contributed by atoms with Crippen molar-refractivity contribution in [2.45, 2.75) is 24.9 Å². The molecule has 152 valence electrons. The van der Waals surface area contributed by atoms with Crippen molar-refractivity contribution in [3.63, 3.8) is 0 Å². The SMILES string of the molecule is C#Cc1cccc(NC(=O)N2CCC3(CC2)NC(=O)N(Cc2ccccc2)C3=O)c1. The van der Waals surface area contributed by atoms with Gasteiger partial charge < -0.3 is 15.5 Å². The van der Waals surface area contributed by atoms with E-state index < -0.39 is 5.54 Å². The predicted molar refractivity (Wildman–Crippen MR) is 112 cm³/mol. The first-order valence-corrected chi connectivity index (χ1v) is 9.81. The van der Waals surface area contributed by atoms with Crippen LogP contribution in [0.4, 0.5) is 15.3 Å². The van der Waals surface area contributed by atoms with Crippen LogP contribution in [0, 0.1) is 12.3 Å². The van der Waals surface area contributed by atoms with Gasteiger partial charge in [0, 0.05) is 24.3 Å². The predicted octanol–water partition coefficient (Wildman–Crippen LogP) is 2.79. The zero-order chi connectivity index (χ0) is 21.1. The Morgan fingerprint density at radius 3 is 2.53 bits per heavy atom. The van der Waals surface area contributed by atoms with E-state index in [9.17, 15) is 14.4 Å². The minimum absolute atomic E-state index is 0.224. The van der Waals surface area contributed by atoms with E-state index in [4.69, 9.17) is 6.42 Å². The highest BCUT2D eigenvalue weighted by molar-refractivity contribution is 6.07. The number of likely N-dealkylation sites (tertiary alicyclic amines) is 1. The van der Waals surface area contributed by atoms with Crippen molar-refractivity contribution >= 4 is 23.7 Å². The summed E-state index contributed by atoms with van der Waals surface area (Å²) in [6, 6.07) is 15.8. The molecule has 7 heteroatoms. The van der Waals surface area contributed by atoms with Gasteiger partial charge in [0.15, 0.2) is 0 Å². The van der Waals surface area contributed by atoms with E-state index in [1.54, 1.807) is 29.2 Å². The van der Waals surface area contributed by atoms with Crippen molar-refractivity contribution < 1.29 is 14.4 Å². The summed E-state index contributed by atoms with van der Waals surface area (Å²) in [7, 11) is 0. The van der Waals surface area contributed by atoms with Crippen LogP contribution < -0.4 is 10.6 Å². The molecule has 2 aliphatic heterocycles. The molecular formula is C23H22N4O3. The molecule has 0 radical (unpaired) electrons. The number of piperidine rings is 1. The molecule has 2 aromatic rings. The van der Waals surface area contributed by atoms with Crippen LogP contribution >= 0.6 is 0 Å². The normalized spacial score (nSPS) is 17.6. The van der Waals surface area contributed by atoms with Crippen LogP contribution in [-0.4, -0.2) is 46.4 Å². The van der Waals surface area contributed by atoms with E-state index in [1.165, 1.54) is 4.90 Å². The minimum atomic E-state index is -0.938. The summed E-state index contributed by atoms with van der Waals surface area (Å²) in [5.74, 6) is 2.31. The van der Waals surface area contributed by atoms with Gasteiger partial charge >= 0.3 is 12.1 Å². The molecule has 2 heterocycles. The highest BCUT2D eigenvalue weighted by atomic mass is 16.2. The number of terminal acetylenes is 1. The molecule has 0 bridgehead atoms. The molecule has 0 unspecified atom stereocenters. The van der Waals surface area contributed by atoms with Gasteiger partial charge in [-0.2, -0.15) is 0 Å². The molecule has 5 amide bonds. The van der Waals surface area contributed by atoms with E-state index >= 15 is 0 Å². The van der Waals surface area contributed by atoms with Crippen LogP contribution in [0.3, 0.4) is 0 Å². The highest BCUT2D eigenvalue weighted by Crippen LogP contribution is 2.30. The monoisotopic (exact) mass is 402 g/mol. The van der Waals surface area contributed by atoms with Gasteiger partial charge in [-0.1, -0.05) is 42.3 Å². The van der Waals surface area contributed by atoms with E-state index in [0.717, 1.165) is 5.56 Å². The second-order valence-electron chi connectivity index (χ2n) is 7.53. The van der Waals surface area contributed by atoms with Crippen LogP contribution in [0.1, 0.15) is 24.0 Å². The summed E-state index contributed by atoms with van der Waals surface area (Å²) in [4.78, 5) is 41.0. The Morgan fingerprint density at radius 2 is 1.83 bits per heavy atom. The second-order valence-corrected chi connectivity index (χ2v) is 7.53. The molecule has 2 aliphatic rings. The van der Waals surface area contributed by atoms with Crippen molar-refractivity contribution in [2.24, 2.45) is 0 Å². The molecular weight excluding hydrogens is 380 g/mol. The highest BCUT2D eigenvalue weighted by Gasteiger charge is 2.52. The first kappa shape index (κ1) is 19.5. The minimum Gasteiger partial charge on any atom is -0.324 e. The summed E-state index contributed by atoms with van der Waals surface area (Å²) >= 11 is 0. The molecule has 2 saturated heterocycles. The zero-order valence-corrected chi connectivity index (χ0v) is 16.4. The van der Waals surface area contributed by atoms with Gasteiger partial charge in [-0.3, -0.25) is 9.69 Å². The van der Waals surface area contributed by atoms with Crippen LogP contribution in [0.5, 0.6) is 0 Å². The topological polar surface area (TPSA) is 81.8 Å². The number of benzene rings is 2. The molecule has 0 atom stereocenters. The smallest absolute Gasteiger partial charge is 0.324 e. The Balaban J connectivity index is 1.38. The Hall–Kier alpha value is -3.79. The molecule has 0 aromatic heterocycles. The van der Waals surface area contributed by atoms with Crippen molar-refractivity contribution in [1.82, 2.24) is 15.1 Å². The third-order valence-electron chi connectivity index (χ3n) is 5.61. The first-order chi connectivity index (χ1) is 14.5. The van der Waals surface area contributed by atoms with Crippen LogP contribution in [0.2, 0.25) is 0 Å². The Morgan fingerprint density at radius 1 is 1.10 bits per heavy atom. The maximum Gasteiger partial charge on any atom is 0.325 e. The molecule has 0 aliphatic carbocycles. The number of imide groups is 1. The van der Waals surface area contributed by atoms with Crippen LogP contribution in [-0.2, 0) is 11.3 Å². The fourth-order valence-electron chi connectivity index (χ4n) is 3.91. The lowest BCUT2D eigenvalue weighted by atomic mass is 9.87. The van der Waals surface area contributed by atoms with Crippen molar-refractivity contribution in [3.8, 4) is 12.3 Å². The van der Waals surface area contributed by atoms with Gasteiger partial charge in [0.2, 0.25) is 0 Å². The molecule has 2 N–H and O–H groups in total. The standard InChI is InChI=1S/C23H22N4O3/c1-2-17-9-6-10-19(15-17)24-21(29)26-13-11-23(12-14-26)20(28)27(22(30)25-23)16-18-7-4-3-5-8-18/h1,3-10,15H,11-14,16H2,(H,24,29)(H,25,30). The lowest BCUT2D eigenvalue weighted by Crippen LogP contribution is -2.56. The average molecular weight is 402 g/mol. The van der Waals surface area contributed by atoms with Gasteiger partial charge in [0.25, 0.3) is 5.91 Å². The maximum atomic E-state index is 13.0. The number of carbonyl (C=O) groups excluding carboxylic acids is 3. The van der Waals surface area contributed by atoms with Crippen molar-refractivity contribution in [2.75, 3.05) is 18.4 Å². The van der Waals surface area contributed by atoms with E-state index in [1.807, 2.05) is 30.3 Å².